The molecule has 5 rings (SSSR count). The van der Waals surface area contributed by atoms with Crippen LogP contribution in [0.3, 0.4) is 0 Å². The Labute approximate surface area is 364 Å². The maximum absolute atomic E-state index is 12.1. The van der Waals surface area contributed by atoms with Crippen LogP contribution in [0.2, 0.25) is 0 Å². The SMILES string of the molecule is CCCCCCCc1cc2c(O)c(c1)Cc1cc(CCCCCCC)cc(c1O)Cc1cc(CCCCCCC)cc(c1O)Cc1cc(CCCCCCC)cc(c1O)C2. The van der Waals surface area contributed by atoms with Crippen molar-refractivity contribution in [3.8, 4) is 23.0 Å². The van der Waals surface area contributed by atoms with E-state index in [-0.39, 0.29) is 23.0 Å². The van der Waals surface area contributed by atoms with E-state index in [9.17, 15) is 20.4 Å². The Hall–Kier alpha value is -3.92. The van der Waals surface area contributed by atoms with Gasteiger partial charge in [-0.05, 0) is 118 Å². The van der Waals surface area contributed by atoms with Crippen LogP contribution in [0.4, 0.5) is 0 Å². The van der Waals surface area contributed by atoms with E-state index in [2.05, 4.69) is 76.2 Å². The summed E-state index contributed by atoms with van der Waals surface area (Å²) in [4.78, 5) is 0. The molecule has 0 radical (unpaired) electrons. The highest BCUT2D eigenvalue weighted by Gasteiger charge is 2.22. The van der Waals surface area contributed by atoms with Crippen LogP contribution in [0.1, 0.15) is 223 Å². The van der Waals surface area contributed by atoms with Gasteiger partial charge >= 0.3 is 0 Å². The average molecular weight is 817 g/mol. The van der Waals surface area contributed by atoms with Crippen molar-refractivity contribution in [3.63, 3.8) is 0 Å². The zero-order valence-corrected chi connectivity index (χ0v) is 38.2. The smallest absolute Gasteiger partial charge is 0.122 e. The van der Waals surface area contributed by atoms with E-state index >= 15 is 0 Å². The Morgan fingerprint density at radius 3 is 0.600 bits per heavy atom. The minimum atomic E-state index is 0.264. The van der Waals surface area contributed by atoms with Gasteiger partial charge in [-0.2, -0.15) is 0 Å². The van der Waals surface area contributed by atoms with E-state index in [0.717, 1.165) is 95.9 Å². The van der Waals surface area contributed by atoms with Gasteiger partial charge in [-0.1, -0.05) is 179 Å². The number of unbranched alkanes of at least 4 members (excludes halogenated alkanes) is 16. The van der Waals surface area contributed by atoms with Gasteiger partial charge in [-0.25, -0.2) is 0 Å². The number of fused-ring (bicyclic) bond motifs is 8. The molecule has 0 atom stereocenters. The van der Waals surface area contributed by atoms with Gasteiger partial charge in [0.1, 0.15) is 23.0 Å². The molecule has 1 aliphatic rings. The minimum Gasteiger partial charge on any atom is -0.507 e. The summed E-state index contributed by atoms with van der Waals surface area (Å²) in [6.45, 7) is 9.00. The number of phenolic OH excluding ortho intramolecular Hbond substituents is 4. The number of rotatable bonds is 24. The molecule has 0 fully saturated rings. The fourth-order valence-electron chi connectivity index (χ4n) is 9.54. The molecule has 1 aliphatic carbocycles. The van der Waals surface area contributed by atoms with Crippen molar-refractivity contribution in [3.05, 3.63) is 115 Å². The van der Waals surface area contributed by atoms with Gasteiger partial charge < -0.3 is 20.4 Å². The molecule has 60 heavy (non-hydrogen) atoms. The first kappa shape index (κ1) is 47.1. The van der Waals surface area contributed by atoms with Gasteiger partial charge in [0, 0.05) is 25.7 Å². The summed E-state index contributed by atoms with van der Waals surface area (Å²) in [5.41, 5.74) is 11.4. The van der Waals surface area contributed by atoms with E-state index in [1.54, 1.807) is 0 Å². The Kier molecular flexibility index (Phi) is 19.7. The van der Waals surface area contributed by atoms with Crippen molar-refractivity contribution in [2.75, 3.05) is 0 Å². The van der Waals surface area contributed by atoms with Crippen LogP contribution >= 0.6 is 0 Å². The zero-order valence-electron chi connectivity index (χ0n) is 38.2. The number of hydrogen-bond acceptors (Lipinski definition) is 4. The van der Waals surface area contributed by atoms with Gasteiger partial charge in [-0.15, -0.1) is 0 Å². The standard InChI is InChI=1S/C56H80O4/c1-5-9-13-17-21-25-41-29-45-37-47-31-42(26-22-18-14-10-6-2)33-49(54(47)58)39-51-35-44(28-24-20-16-12-8-4)36-52(56(51)60)40-50-34-43(27-23-19-15-11-7-3)32-48(55(50)59)38-46(30-41)53(45)57/h29-36,57-60H,5-28,37-40H2,1-4H3. The maximum Gasteiger partial charge on any atom is 0.122 e. The highest BCUT2D eigenvalue weighted by Crippen LogP contribution is 2.40. The molecule has 4 aromatic carbocycles. The Morgan fingerprint density at radius 2 is 0.433 bits per heavy atom. The third-order valence-corrected chi connectivity index (χ3v) is 13.1. The summed E-state index contributed by atoms with van der Waals surface area (Å²) in [6, 6.07) is 17.3. The Bertz CT molecular complexity index is 1550. The van der Waals surface area contributed by atoms with Gasteiger partial charge in [0.2, 0.25) is 0 Å². The molecule has 0 heterocycles. The van der Waals surface area contributed by atoms with Crippen LogP contribution in [0, 0.1) is 0 Å². The monoisotopic (exact) mass is 817 g/mol. The topological polar surface area (TPSA) is 80.9 Å². The lowest BCUT2D eigenvalue weighted by atomic mass is 9.87. The number of hydrogen-bond donors (Lipinski definition) is 4. The maximum atomic E-state index is 12.1. The van der Waals surface area contributed by atoms with E-state index in [4.69, 9.17) is 0 Å². The molecule has 0 aliphatic heterocycles. The molecule has 4 N–H and O–H groups in total. The Balaban J connectivity index is 1.64. The fourth-order valence-corrected chi connectivity index (χ4v) is 9.54. The van der Waals surface area contributed by atoms with E-state index in [1.807, 2.05) is 0 Å². The average Bonchev–Trinajstić information content (AvgIpc) is 3.23. The second-order valence-electron chi connectivity index (χ2n) is 18.4. The Morgan fingerprint density at radius 1 is 0.267 bits per heavy atom. The van der Waals surface area contributed by atoms with Gasteiger partial charge in [0.25, 0.3) is 0 Å². The number of phenols is 4. The quantitative estimate of drug-likeness (QED) is 0.0468. The highest BCUT2D eigenvalue weighted by molar-refractivity contribution is 5.57. The molecule has 328 valence electrons. The molecule has 4 aromatic rings. The number of aromatic hydroxyl groups is 4. The predicted molar refractivity (Wildman–Crippen MR) is 254 cm³/mol. The lowest BCUT2D eigenvalue weighted by Crippen LogP contribution is -2.05. The van der Waals surface area contributed by atoms with Gasteiger partial charge in [0.15, 0.2) is 0 Å². The van der Waals surface area contributed by atoms with Crippen molar-refractivity contribution >= 4 is 0 Å². The van der Waals surface area contributed by atoms with Gasteiger partial charge in [-0.3, -0.25) is 0 Å². The van der Waals surface area contributed by atoms with Crippen LogP contribution in [0.25, 0.3) is 0 Å². The first-order valence-corrected chi connectivity index (χ1v) is 24.6. The summed E-state index contributed by atoms with van der Waals surface area (Å²) in [6.07, 6.45) is 29.3. The molecular formula is C56H80O4. The van der Waals surface area contributed by atoms with E-state index < -0.39 is 0 Å². The first-order valence-electron chi connectivity index (χ1n) is 24.6. The van der Waals surface area contributed by atoms with E-state index in [0.29, 0.717) is 25.7 Å². The third-order valence-electron chi connectivity index (χ3n) is 13.1. The summed E-state index contributed by atoms with van der Waals surface area (Å²) < 4.78 is 0. The molecule has 8 bridgehead atoms. The molecule has 0 amide bonds. The number of aryl methyl sites for hydroxylation is 4. The molecule has 0 saturated heterocycles. The second-order valence-corrected chi connectivity index (χ2v) is 18.4. The lowest BCUT2D eigenvalue weighted by molar-refractivity contribution is 0.450. The molecule has 4 nitrogen and oxygen atoms in total. The largest absolute Gasteiger partial charge is 0.507 e. The zero-order chi connectivity index (χ0) is 42.7. The minimum absolute atomic E-state index is 0.264. The lowest BCUT2D eigenvalue weighted by Gasteiger charge is -2.20. The fraction of sp³-hybridized carbons (Fsp3) is 0.571. The summed E-state index contributed by atoms with van der Waals surface area (Å²) in [5, 5.41) is 48.6. The molecular weight excluding hydrogens is 737 g/mol. The molecule has 4 heteroatoms. The van der Waals surface area contributed by atoms with Crippen molar-refractivity contribution < 1.29 is 20.4 Å². The third kappa shape index (κ3) is 14.1. The number of benzene rings is 4. The van der Waals surface area contributed by atoms with Crippen LogP contribution in [0.5, 0.6) is 23.0 Å². The summed E-state index contributed by atoms with van der Waals surface area (Å²) in [7, 11) is 0. The van der Waals surface area contributed by atoms with Crippen molar-refractivity contribution in [2.45, 2.75) is 207 Å². The van der Waals surface area contributed by atoms with Gasteiger partial charge in [0.05, 0.1) is 0 Å². The van der Waals surface area contributed by atoms with E-state index in [1.165, 1.54) is 125 Å². The van der Waals surface area contributed by atoms with Crippen LogP contribution in [-0.2, 0) is 51.4 Å². The summed E-state index contributed by atoms with van der Waals surface area (Å²) in [5.74, 6) is 1.06. The molecule has 0 unspecified atom stereocenters. The van der Waals surface area contributed by atoms with Crippen molar-refractivity contribution in [1.29, 1.82) is 0 Å². The van der Waals surface area contributed by atoms with Crippen LogP contribution in [0.15, 0.2) is 48.5 Å². The first-order chi connectivity index (χ1) is 29.2. The summed E-state index contributed by atoms with van der Waals surface area (Å²) >= 11 is 0. The highest BCUT2D eigenvalue weighted by atomic mass is 16.3. The second kappa shape index (κ2) is 25.1. The van der Waals surface area contributed by atoms with Crippen molar-refractivity contribution in [1.82, 2.24) is 0 Å². The molecule has 0 aromatic heterocycles. The normalized spacial score (nSPS) is 12.6. The molecule has 0 saturated carbocycles. The van der Waals surface area contributed by atoms with Crippen molar-refractivity contribution in [2.24, 2.45) is 0 Å². The van der Waals surface area contributed by atoms with Crippen LogP contribution in [-0.4, -0.2) is 20.4 Å². The predicted octanol–water partition coefficient (Wildman–Crippen LogP) is 15.2. The molecule has 0 spiro atoms. The van der Waals surface area contributed by atoms with Crippen LogP contribution < -0.4 is 0 Å².